The molecule has 0 amide bonds. The zero-order valence-corrected chi connectivity index (χ0v) is 13.8. The Balaban J connectivity index is 1.61. The fourth-order valence-corrected chi connectivity index (χ4v) is 2.82. The first-order valence-electron chi connectivity index (χ1n) is 7.67. The Morgan fingerprint density at radius 2 is 1.96 bits per heavy atom. The maximum Gasteiger partial charge on any atom is 0.232 e. The highest BCUT2D eigenvalue weighted by molar-refractivity contribution is 6.30. The number of ketones is 1. The Hall–Kier alpha value is -2.98. The maximum absolute atomic E-state index is 12.5. The molecule has 4 aromatic rings. The van der Waals surface area contributed by atoms with E-state index in [9.17, 15) is 4.79 Å². The molecule has 2 heterocycles. The van der Waals surface area contributed by atoms with E-state index in [0.717, 1.165) is 5.56 Å². The lowest BCUT2D eigenvalue weighted by Gasteiger charge is -2.07. The number of carbonyl (C=O) groups excluding carboxylic acids is 1. The SMILES string of the molecule is O=C(c1ccco1)c1coc2ccc(OCc3cccc(Cl)c3)cc12. The van der Waals surface area contributed by atoms with Gasteiger partial charge in [0, 0.05) is 10.4 Å². The smallest absolute Gasteiger partial charge is 0.232 e. The third kappa shape index (κ3) is 3.16. The van der Waals surface area contributed by atoms with Crippen LogP contribution in [0.15, 0.2) is 76.0 Å². The molecule has 5 heteroatoms. The molecule has 0 saturated carbocycles. The number of furan rings is 2. The Morgan fingerprint density at radius 1 is 1.04 bits per heavy atom. The number of hydrogen-bond donors (Lipinski definition) is 0. The Labute approximate surface area is 148 Å². The predicted octanol–water partition coefficient (Wildman–Crippen LogP) is 5.49. The summed E-state index contributed by atoms with van der Waals surface area (Å²) in [6.45, 7) is 0.380. The van der Waals surface area contributed by atoms with Gasteiger partial charge in [-0.05, 0) is 48.0 Å². The number of carbonyl (C=O) groups is 1. The molecule has 0 fully saturated rings. The van der Waals surface area contributed by atoms with Gasteiger partial charge in [0.15, 0.2) is 5.76 Å². The van der Waals surface area contributed by atoms with E-state index in [1.807, 2.05) is 24.3 Å². The summed E-state index contributed by atoms with van der Waals surface area (Å²) in [7, 11) is 0. The molecule has 2 aromatic heterocycles. The van der Waals surface area contributed by atoms with Crippen LogP contribution in [0.4, 0.5) is 0 Å². The van der Waals surface area contributed by atoms with E-state index in [2.05, 4.69) is 0 Å². The first kappa shape index (κ1) is 15.5. The second-order valence-electron chi connectivity index (χ2n) is 5.53. The predicted molar refractivity (Wildman–Crippen MR) is 94.1 cm³/mol. The molecule has 2 aromatic carbocycles. The molecular weight excluding hydrogens is 340 g/mol. The highest BCUT2D eigenvalue weighted by Crippen LogP contribution is 2.28. The lowest BCUT2D eigenvalue weighted by molar-refractivity contribution is 0.101. The number of halogens is 1. The van der Waals surface area contributed by atoms with Crippen molar-refractivity contribution in [2.24, 2.45) is 0 Å². The average Bonchev–Trinajstić information content (AvgIpc) is 3.29. The summed E-state index contributed by atoms with van der Waals surface area (Å²) < 4.78 is 16.5. The quantitative estimate of drug-likeness (QED) is 0.446. The van der Waals surface area contributed by atoms with Crippen LogP contribution in [0.2, 0.25) is 5.02 Å². The first-order valence-corrected chi connectivity index (χ1v) is 8.05. The molecular formula is C20H13ClO4. The van der Waals surface area contributed by atoms with Crippen LogP contribution in [0.5, 0.6) is 5.75 Å². The fraction of sp³-hybridized carbons (Fsp3) is 0.0500. The second kappa shape index (κ2) is 6.49. The van der Waals surface area contributed by atoms with Gasteiger partial charge in [0.2, 0.25) is 5.78 Å². The zero-order chi connectivity index (χ0) is 17.2. The van der Waals surface area contributed by atoms with Crippen LogP contribution in [0.1, 0.15) is 21.7 Å². The monoisotopic (exact) mass is 352 g/mol. The first-order chi connectivity index (χ1) is 12.2. The summed E-state index contributed by atoms with van der Waals surface area (Å²) in [6.07, 6.45) is 2.91. The van der Waals surface area contributed by atoms with Gasteiger partial charge in [-0.3, -0.25) is 4.79 Å². The van der Waals surface area contributed by atoms with E-state index in [1.165, 1.54) is 12.5 Å². The largest absolute Gasteiger partial charge is 0.489 e. The Bertz CT molecular complexity index is 1030. The Morgan fingerprint density at radius 3 is 2.76 bits per heavy atom. The molecule has 124 valence electrons. The lowest BCUT2D eigenvalue weighted by Crippen LogP contribution is -1.98. The van der Waals surface area contributed by atoms with Crippen LogP contribution in [0.25, 0.3) is 11.0 Å². The zero-order valence-electron chi connectivity index (χ0n) is 13.1. The van der Waals surface area contributed by atoms with Crippen molar-refractivity contribution in [2.45, 2.75) is 6.61 Å². The molecule has 4 rings (SSSR count). The molecule has 0 spiro atoms. The van der Waals surface area contributed by atoms with E-state index in [4.69, 9.17) is 25.2 Å². The van der Waals surface area contributed by atoms with Crippen LogP contribution in [-0.4, -0.2) is 5.78 Å². The van der Waals surface area contributed by atoms with E-state index in [-0.39, 0.29) is 11.5 Å². The highest BCUT2D eigenvalue weighted by atomic mass is 35.5. The average molecular weight is 353 g/mol. The number of rotatable bonds is 5. The highest BCUT2D eigenvalue weighted by Gasteiger charge is 2.18. The number of benzene rings is 2. The van der Waals surface area contributed by atoms with Gasteiger partial charge < -0.3 is 13.6 Å². The summed E-state index contributed by atoms with van der Waals surface area (Å²) >= 11 is 5.98. The van der Waals surface area contributed by atoms with Crippen molar-refractivity contribution >= 4 is 28.4 Å². The number of hydrogen-bond acceptors (Lipinski definition) is 4. The van der Waals surface area contributed by atoms with E-state index in [1.54, 1.807) is 30.3 Å². The number of ether oxygens (including phenoxy) is 1. The van der Waals surface area contributed by atoms with Crippen molar-refractivity contribution in [3.8, 4) is 5.75 Å². The molecule has 0 aliphatic heterocycles. The molecule has 0 unspecified atom stereocenters. The standard InChI is InChI=1S/C20H13ClO4/c21-14-4-1-3-13(9-14)11-24-15-6-7-18-16(10-15)17(12-25-18)20(22)19-5-2-8-23-19/h1-10,12H,11H2. The van der Waals surface area contributed by atoms with E-state index in [0.29, 0.717) is 33.9 Å². The van der Waals surface area contributed by atoms with Crippen LogP contribution in [0, 0.1) is 0 Å². The molecule has 0 aliphatic carbocycles. The minimum absolute atomic E-state index is 0.226. The molecule has 0 radical (unpaired) electrons. The van der Waals surface area contributed by atoms with Gasteiger partial charge >= 0.3 is 0 Å². The van der Waals surface area contributed by atoms with Crippen molar-refractivity contribution in [2.75, 3.05) is 0 Å². The molecule has 0 atom stereocenters. The van der Waals surface area contributed by atoms with Gasteiger partial charge in [-0.25, -0.2) is 0 Å². The molecule has 4 nitrogen and oxygen atoms in total. The topological polar surface area (TPSA) is 52.6 Å². The van der Waals surface area contributed by atoms with E-state index < -0.39 is 0 Å². The summed E-state index contributed by atoms with van der Waals surface area (Å²) in [5, 5.41) is 1.35. The van der Waals surface area contributed by atoms with E-state index >= 15 is 0 Å². The molecule has 25 heavy (non-hydrogen) atoms. The molecule has 0 bridgehead atoms. The summed E-state index contributed by atoms with van der Waals surface area (Å²) in [4.78, 5) is 12.5. The lowest BCUT2D eigenvalue weighted by atomic mass is 10.1. The minimum atomic E-state index is -0.226. The third-order valence-electron chi connectivity index (χ3n) is 3.83. The van der Waals surface area contributed by atoms with Crippen molar-refractivity contribution in [3.05, 3.63) is 89.0 Å². The van der Waals surface area contributed by atoms with Crippen molar-refractivity contribution in [1.29, 1.82) is 0 Å². The van der Waals surface area contributed by atoms with Crippen LogP contribution < -0.4 is 4.74 Å². The summed E-state index contributed by atoms with van der Waals surface area (Å²) in [5.41, 5.74) is 2.02. The normalized spacial score (nSPS) is 10.9. The third-order valence-corrected chi connectivity index (χ3v) is 4.06. The van der Waals surface area contributed by atoms with Crippen LogP contribution in [0.3, 0.4) is 0 Å². The van der Waals surface area contributed by atoms with Gasteiger partial charge in [0.1, 0.15) is 24.2 Å². The summed E-state index contributed by atoms with van der Waals surface area (Å²) in [6, 6.07) is 16.2. The molecule has 0 N–H and O–H groups in total. The second-order valence-corrected chi connectivity index (χ2v) is 5.97. The van der Waals surface area contributed by atoms with Gasteiger partial charge in [-0.2, -0.15) is 0 Å². The maximum atomic E-state index is 12.5. The fourth-order valence-electron chi connectivity index (χ4n) is 2.61. The number of fused-ring (bicyclic) bond motifs is 1. The van der Waals surface area contributed by atoms with Crippen LogP contribution in [-0.2, 0) is 6.61 Å². The van der Waals surface area contributed by atoms with Crippen LogP contribution >= 0.6 is 11.6 Å². The van der Waals surface area contributed by atoms with Gasteiger partial charge in [0.25, 0.3) is 0 Å². The van der Waals surface area contributed by atoms with Gasteiger partial charge in [0.05, 0.1) is 11.8 Å². The molecule has 0 aliphatic rings. The Kier molecular flexibility index (Phi) is 4.04. The van der Waals surface area contributed by atoms with Crippen molar-refractivity contribution in [1.82, 2.24) is 0 Å². The minimum Gasteiger partial charge on any atom is -0.489 e. The van der Waals surface area contributed by atoms with Gasteiger partial charge in [-0.1, -0.05) is 23.7 Å². The van der Waals surface area contributed by atoms with Crippen molar-refractivity contribution < 1.29 is 18.4 Å². The van der Waals surface area contributed by atoms with Crippen molar-refractivity contribution in [3.63, 3.8) is 0 Å². The summed E-state index contributed by atoms with van der Waals surface area (Å²) in [5.74, 6) is 0.686. The molecule has 0 saturated heterocycles. The van der Waals surface area contributed by atoms with Gasteiger partial charge in [-0.15, -0.1) is 0 Å².